The third-order valence-corrected chi connectivity index (χ3v) is 6.34. The summed E-state index contributed by atoms with van der Waals surface area (Å²) < 4.78 is 0. The summed E-state index contributed by atoms with van der Waals surface area (Å²) in [5.41, 5.74) is 3.80. The summed E-state index contributed by atoms with van der Waals surface area (Å²) in [6.45, 7) is 17.8. The number of allylic oxidation sites excluding steroid dienone is 4. The highest BCUT2D eigenvalue weighted by atomic mass is 14.6. The summed E-state index contributed by atoms with van der Waals surface area (Å²) in [7, 11) is 0. The molecule has 0 heteroatoms. The van der Waals surface area contributed by atoms with Crippen LogP contribution >= 0.6 is 0 Å². The lowest BCUT2D eigenvalue weighted by molar-refractivity contribution is -0.0389. The molecule has 112 valence electrons. The zero-order valence-electron chi connectivity index (χ0n) is 14.0. The van der Waals surface area contributed by atoms with E-state index in [0.717, 1.165) is 18.3 Å². The van der Waals surface area contributed by atoms with Crippen LogP contribution in [0.15, 0.2) is 36.5 Å². The van der Waals surface area contributed by atoms with Gasteiger partial charge in [-0.05, 0) is 61.7 Å². The fraction of sp³-hybridized carbons (Fsp3) is 0.700. The molecule has 0 N–H and O–H groups in total. The zero-order chi connectivity index (χ0) is 15.0. The van der Waals surface area contributed by atoms with Gasteiger partial charge in [-0.25, -0.2) is 0 Å². The van der Waals surface area contributed by atoms with Crippen LogP contribution in [0.5, 0.6) is 0 Å². The van der Waals surface area contributed by atoms with Gasteiger partial charge in [-0.3, -0.25) is 0 Å². The number of rotatable bonds is 4. The van der Waals surface area contributed by atoms with E-state index in [1.807, 2.05) is 6.08 Å². The third-order valence-electron chi connectivity index (χ3n) is 6.34. The molecular formula is C20H32. The lowest BCUT2D eigenvalue weighted by Crippen LogP contribution is -2.48. The molecule has 0 aliphatic heterocycles. The Kier molecular flexibility index (Phi) is 4.33. The highest BCUT2D eigenvalue weighted by molar-refractivity contribution is 5.20. The van der Waals surface area contributed by atoms with Crippen molar-refractivity contribution in [3.63, 3.8) is 0 Å². The molecule has 20 heavy (non-hydrogen) atoms. The number of hydrogen-bond acceptors (Lipinski definition) is 0. The molecule has 1 saturated carbocycles. The van der Waals surface area contributed by atoms with Crippen molar-refractivity contribution >= 4 is 0 Å². The normalized spacial score (nSPS) is 35.9. The molecule has 0 amide bonds. The van der Waals surface area contributed by atoms with E-state index in [1.165, 1.54) is 37.7 Å². The zero-order valence-corrected chi connectivity index (χ0v) is 14.0. The highest BCUT2D eigenvalue weighted by Gasteiger charge is 2.51. The smallest absolute Gasteiger partial charge is 0.0146 e. The largest absolute Gasteiger partial charge is 0.0988 e. The van der Waals surface area contributed by atoms with Crippen molar-refractivity contribution in [2.45, 2.75) is 66.2 Å². The second-order valence-electron chi connectivity index (χ2n) is 8.04. The quantitative estimate of drug-likeness (QED) is 0.415. The topological polar surface area (TPSA) is 0 Å². The second-order valence-corrected chi connectivity index (χ2v) is 8.04. The van der Waals surface area contributed by atoms with Gasteiger partial charge in [-0.1, -0.05) is 63.6 Å². The van der Waals surface area contributed by atoms with Crippen LogP contribution in [0.2, 0.25) is 0 Å². The average Bonchev–Trinajstić information content (AvgIpc) is 2.36. The van der Waals surface area contributed by atoms with Crippen molar-refractivity contribution < 1.29 is 0 Å². The predicted molar refractivity (Wildman–Crippen MR) is 89.7 cm³/mol. The minimum Gasteiger partial charge on any atom is -0.0988 e. The summed E-state index contributed by atoms with van der Waals surface area (Å²) in [6.07, 6.45) is 12.3. The second kappa shape index (κ2) is 5.54. The van der Waals surface area contributed by atoms with Crippen LogP contribution in [0.4, 0.5) is 0 Å². The molecule has 1 fully saturated rings. The van der Waals surface area contributed by atoms with E-state index in [2.05, 4.69) is 46.9 Å². The van der Waals surface area contributed by atoms with E-state index >= 15 is 0 Å². The van der Waals surface area contributed by atoms with Gasteiger partial charge in [0.15, 0.2) is 0 Å². The van der Waals surface area contributed by atoms with E-state index in [-0.39, 0.29) is 0 Å². The number of fused-ring (bicyclic) bond motifs is 1. The Labute approximate surface area is 126 Å². The minimum atomic E-state index is 0.488. The Morgan fingerprint density at radius 3 is 2.70 bits per heavy atom. The standard InChI is InChI=1S/C20H32/c1-7-15(2)9-11-17-16(3)10-12-18-19(4,5)13-8-14-20(17,18)6/h7,10,17-18H,1-2,8-9,11-14H2,3-6H3/t17-,18?,20+/m0/s1. The van der Waals surface area contributed by atoms with Crippen molar-refractivity contribution in [3.8, 4) is 0 Å². The molecule has 0 saturated heterocycles. The van der Waals surface area contributed by atoms with Gasteiger partial charge in [-0.15, -0.1) is 0 Å². The summed E-state index contributed by atoms with van der Waals surface area (Å²) in [5, 5.41) is 0. The van der Waals surface area contributed by atoms with Gasteiger partial charge in [-0.2, -0.15) is 0 Å². The lowest BCUT2D eigenvalue weighted by atomic mass is 9.48. The molecule has 1 unspecified atom stereocenters. The van der Waals surface area contributed by atoms with Crippen LogP contribution in [-0.2, 0) is 0 Å². The summed E-state index contributed by atoms with van der Waals surface area (Å²) in [5.74, 6) is 1.58. The fourth-order valence-electron chi connectivity index (χ4n) is 5.13. The van der Waals surface area contributed by atoms with Crippen LogP contribution in [0.3, 0.4) is 0 Å². The minimum absolute atomic E-state index is 0.488. The highest BCUT2D eigenvalue weighted by Crippen LogP contribution is 2.60. The molecule has 2 aliphatic rings. The molecule has 3 atom stereocenters. The Morgan fingerprint density at radius 1 is 1.35 bits per heavy atom. The predicted octanol–water partition coefficient (Wildman–Crippen LogP) is 6.31. The van der Waals surface area contributed by atoms with Crippen LogP contribution < -0.4 is 0 Å². The molecule has 0 spiro atoms. The molecule has 0 nitrogen and oxygen atoms in total. The van der Waals surface area contributed by atoms with Gasteiger partial charge >= 0.3 is 0 Å². The first-order chi connectivity index (χ1) is 9.31. The molecule has 0 bridgehead atoms. The summed E-state index contributed by atoms with van der Waals surface area (Å²) >= 11 is 0. The Bertz CT molecular complexity index is 423. The van der Waals surface area contributed by atoms with Crippen molar-refractivity contribution in [2.75, 3.05) is 0 Å². The Balaban J connectivity index is 2.25. The van der Waals surface area contributed by atoms with E-state index in [4.69, 9.17) is 0 Å². The van der Waals surface area contributed by atoms with Crippen LogP contribution in [0.1, 0.15) is 66.2 Å². The van der Waals surface area contributed by atoms with Gasteiger partial charge in [0, 0.05) is 0 Å². The number of hydrogen-bond donors (Lipinski definition) is 0. The van der Waals surface area contributed by atoms with Gasteiger partial charge in [0.05, 0.1) is 0 Å². The van der Waals surface area contributed by atoms with E-state index in [1.54, 1.807) is 5.57 Å². The first kappa shape index (κ1) is 15.6. The van der Waals surface area contributed by atoms with Crippen molar-refractivity contribution in [1.29, 1.82) is 0 Å². The Hall–Kier alpha value is -0.780. The van der Waals surface area contributed by atoms with Crippen molar-refractivity contribution in [2.24, 2.45) is 22.7 Å². The Morgan fingerprint density at radius 2 is 2.05 bits per heavy atom. The lowest BCUT2D eigenvalue weighted by Gasteiger charge is -2.57. The molecule has 0 aromatic carbocycles. The van der Waals surface area contributed by atoms with E-state index < -0.39 is 0 Å². The van der Waals surface area contributed by atoms with E-state index in [9.17, 15) is 0 Å². The first-order valence-corrected chi connectivity index (χ1v) is 8.28. The van der Waals surface area contributed by atoms with Crippen LogP contribution in [0.25, 0.3) is 0 Å². The third kappa shape index (κ3) is 2.67. The summed E-state index contributed by atoms with van der Waals surface area (Å²) in [4.78, 5) is 0. The van der Waals surface area contributed by atoms with Gasteiger partial charge in [0.1, 0.15) is 0 Å². The average molecular weight is 272 g/mol. The van der Waals surface area contributed by atoms with Crippen LogP contribution in [-0.4, -0.2) is 0 Å². The maximum absolute atomic E-state index is 4.10. The van der Waals surface area contributed by atoms with Crippen LogP contribution in [0, 0.1) is 22.7 Å². The molecular weight excluding hydrogens is 240 g/mol. The van der Waals surface area contributed by atoms with Gasteiger partial charge in [0.25, 0.3) is 0 Å². The van der Waals surface area contributed by atoms with E-state index in [0.29, 0.717) is 10.8 Å². The SMILES string of the molecule is C=CC(=C)CC[C@H]1C(C)=CCC2C(C)(C)CCC[C@@]21C. The maximum atomic E-state index is 4.10. The molecule has 2 rings (SSSR count). The van der Waals surface area contributed by atoms with Crippen molar-refractivity contribution in [3.05, 3.63) is 36.5 Å². The molecule has 2 aliphatic carbocycles. The molecule has 0 heterocycles. The molecule has 0 radical (unpaired) electrons. The maximum Gasteiger partial charge on any atom is -0.0146 e. The first-order valence-electron chi connectivity index (χ1n) is 8.28. The fourth-order valence-corrected chi connectivity index (χ4v) is 5.13. The molecule has 0 aromatic rings. The van der Waals surface area contributed by atoms with Gasteiger partial charge in [0.2, 0.25) is 0 Å². The van der Waals surface area contributed by atoms with Crippen molar-refractivity contribution in [1.82, 2.24) is 0 Å². The summed E-state index contributed by atoms with van der Waals surface area (Å²) in [6, 6.07) is 0. The van der Waals surface area contributed by atoms with Gasteiger partial charge < -0.3 is 0 Å². The monoisotopic (exact) mass is 272 g/mol. The molecule has 0 aromatic heterocycles.